The SMILES string of the molecule is NC(=O)CCc1ccc2c(c1)C(=O)C#CC2. The molecule has 0 aromatic heterocycles. The Hall–Kier alpha value is -2.08. The molecule has 3 heteroatoms. The topological polar surface area (TPSA) is 60.2 Å². The van der Waals surface area contributed by atoms with E-state index in [4.69, 9.17) is 5.73 Å². The summed E-state index contributed by atoms with van der Waals surface area (Å²) in [7, 11) is 0. The van der Waals surface area contributed by atoms with Crippen molar-refractivity contribution in [2.45, 2.75) is 19.3 Å². The van der Waals surface area contributed by atoms with Crippen LogP contribution < -0.4 is 5.73 Å². The number of nitrogens with two attached hydrogens (primary N) is 1. The quantitative estimate of drug-likeness (QED) is 0.597. The van der Waals surface area contributed by atoms with E-state index in [1.807, 2.05) is 18.2 Å². The van der Waals surface area contributed by atoms with Crippen LogP contribution in [0.2, 0.25) is 0 Å². The number of hydrogen-bond donors (Lipinski definition) is 1. The molecule has 0 spiro atoms. The molecule has 1 amide bonds. The third-order valence-electron chi connectivity index (χ3n) is 2.56. The van der Waals surface area contributed by atoms with Crippen molar-refractivity contribution in [1.82, 2.24) is 0 Å². The number of benzene rings is 1. The maximum Gasteiger partial charge on any atom is 0.236 e. The predicted molar refractivity (Wildman–Crippen MR) is 59.8 cm³/mol. The van der Waals surface area contributed by atoms with E-state index in [1.165, 1.54) is 0 Å². The summed E-state index contributed by atoms with van der Waals surface area (Å²) >= 11 is 0. The van der Waals surface area contributed by atoms with Crippen LogP contribution in [0.4, 0.5) is 0 Å². The zero-order chi connectivity index (χ0) is 11.5. The first kappa shape index (κ1) is 10.4. The standard InChI is InChI=1S/C13H11NO2/c14-13(16)7-5-9-4-6-10-2-1-3-12(15)11(10)8-9/h4,6,8H,2,5,7H2,(H2,14,16). The van der Waals surface area contributed by atoms with E-state index in [2.05, 4.69) is 11.8 Å². The summed E-state index contributed by atoms with van der Waals surface area (Å²) in [6.07, 6.45) is 1.50. The molecule has 1 aromatic carbocycles. The minimum absolute atomic E-state index is 0.137. The van der Waals surface area contributed by atoms with E-state index in [0.717, 1.165) is 11.1 Å². The largest absolute Gasteiger partial charge is 0.370 e. The summed E-state index contributed by atoms with van der Waals surface area (Å²) in [5.74, 6) is 4.87. The normalized spacial score (nSPS) is 12.6. The summed E-state index contributed by atoms with van der Waals surface area (Å²) in [6.45, 7) is 0. The second-order valence-corrected chi connectivity index (χ2v) is 3.77. The number of amides is 1. The van der Waals surface area contributed by atoms with Gasteiger partial charge in [0.2, 0.25) is 11.7 Å². The fourth-order valence-corrected chi connectivity index (χ4v) is 1.70. The van der Waals surface area contributed by atoms with Crippen LogP contribution >= 0.6 is 0 Å². The maximum absolute atomic E-state index is 11.5. The van der Waals surface area contributed by atoms with Gasteiger partial charge in [-0.3, -0.25) is 9.59 Å². The molecule has 16 heavy (non-hydrogen) atoms. The molecule has 0 atom stereocenters. The molecule has 0 saturated carbocycles. The van der Waals surface area contributed by atoms with Gasteiger partial charge in [0.1, 0.15) is 0 Å². The zero-order valence-electron chi connectivity index (χ0n) is 8.75. The Bertz CT molecular complexity index is 520. The number of carbonyl (C=O) groups is 2. The number of aryl methyl sites for hydroxylation is 1. The fourth-order valence-electron chi connectivity index (χ4n) is 1.70. The van der Waals surface area contributed by atoms with Gasteiger partial charge in [-0.1, -0.05) is 18.1 Å². The Morgan fingerprint density at radius 3 is 3.00 bits per heavy atom. The highest BCUT2D eigenvalue weighted by Gasteiger charge is 2.13. The van der Waals surface area contributed by atoms with Crippen LogP contribution in [-0.4, -0.2) is 11.7 Å². The first-order valence-electron chi connectivity index (χ1n) is 5.10. The van der Waals surface area contributed by atoms with Gasteiger partial charge in [0, 0.05) is 18.4 Å². The number of rotatable bonds is 3. The molecule has 0 radical (unpaired) electrons. The van der Waals surface area contributed by atoms with Crippen molar-refractivity contribution in [1.29, 1.82) is 0 Å². The number of hydrogen-bond acceptors (Lipinski definition) is 2. The molecule has 0 unspecified atom stereocenters. The molecule has 0 saturated heterocycles. The molecule has 0 fully saturated rings. The Labute approximate surface area is 93.6 Å². The summed E-state index contributed by atoms with van der Waals surface area (Å²) in [4.78, 5) is 22.2. The third kappa shape index (κ3) is 2.12. The molecule has 0 heterocycles. The van der Waals surface area contributed by atoms with Gasteiger partial charge < -0.3 is 5.73 Å². The summed E-state index contributed by atoms with van der Waals surface area (Å²) in [5.41, 5.74) is 7.66. The highest BCUT2D eigenvalue weighted by Crippen LogP contribution is 2.16. The van der Waals surface area contributed by atoms with Gasteiger partial charge in [0.25, 0.3) is 0 Å². The molecule has 2 rings (SSSR count). The fraction of sp³-hybridized carbons (Fsp3) is 0.231. The van der Waals surface area contributed by atoms with Crippen LogP contribution in [0.3, 0.4) is 0 Å². The van der Waals surface area contributed by atoms with Gasteiger partial charge in [-0.2, -0.15) is 0 Å². The van der Waals surface area contributed by atoms with Crippen molar-refractivity contribution in [3.8, 4) is 11.8 Å². The Balaban J connectivity index is 2.24. The van der Waals surface area contributed by atoms with E-state index < -0.39 is 0 Å². The average Bonchev–Trinajstić information content (AvgIpc) is 2.27. The lowest BCUT2D eigenvalue weighted by atomic mass is 9.94. The number of fused-ring (bicyclic) bond motifs is 1. The molecule has 1 aromatic rings. The smallest absolute Gasteiger partial charge is 0.236 e. The van der Waals surface area contributed by atoms with Crippen molar-refractivity contribution < 1.29 is 9.59 Å². The van der Waals surface area contributed by atoms with Crippen molar-refractivity contribution in [2.75, 3.05) is 0 Å². The van der Waals surface area contributed by atoms with Crippen molar-refractivity contribution in [3.05, 3.63) is 34.9 Å². The Morgan fingerprint density at radius 1 is 1.44 bits per heavy atom. The lowest BCUT2D eigenvalue weighted by Gasteiger charge is -2.09. The van der Waals surface area contributed by atoms with Crippen molar-refractivity contribution in [3.63, 3.8) is 0 Å². The second kappa shape index (κ2) is 4.19. The van der Waals surface area contributed by atoms with Crippen LogP contribution in [-0.2, 0) is 17.6 Å². The zero-order valence-corrected chi connectivity index (χ0v) is 8.75. The molecular weight excluding hydrogens is 202 g/mol. The summed E-state index contributed by atoms with van der Waals surface area (Å²) in [5, 5.41) is 0. The molecule has 1 aliphatic carbocycles. The highest BCUT2D eigenvalue weighted by atomic mass is 16.1. The minimum atomic E-state index is -0.330. The van der Waals surface area contributed by atoms with Gasteiger partial charge in [-0.05, 0) is 29.5 Å². The summed E-state index contributed by atoms with van der Waals surface area (Å²) < 4.78 is 0. The first-order valence-corrected chi connectivity index (χ1v) is 5.10. The summed E-state index contributed by atoms with van der Waals surface area (Å²) in [6, 6.07) is 5.63. The van der Waals surface area contributed by atoms with Gasteiger partial charge >= 0.3 is 0 Å². The predicted octanol–water partition coefficient (Wildman–Crippen LogP) is 0.847. The van der Waals surface area contributed by atoms with Crippen LogP contribution in [0.15, 0.2) is 18.2 Å². The second-order valence-electron chi connectivity index (χ2n) is 3.77. The lowest BCUT2D eigenvalue weighted by Crippen LogP contribution is -2.12. The third-order valence-corrected chi connectivity index (χ3v) is 2.56. The van der Waals surface area contributed by atoms with E-state index >= 15 is 0 Å². The lowest BCUT2D eigenvalue weighted by molar-refractivity contribution is -0.117. The Morgan fingerprint density at radius 2 is 2.25 bits per heavy atom. The number of carbonyl (C=O) groups excluding carboxylic acids is 2. The van der Waals surface area contributed by atoms with E-state index in [9.17, 15) is 9.59 Å². The van der Waals surface area contributed by atoms with Crippen LogP contribution in [0.25, 0.3) is 0 Å². The molecule has 80 valence electrons. The van der Waals surface area contributed by atoms with E-state index in [-0.39, 0.29) is 11.7 Å². The maximum atomic E-state index is 11.5. The van der Waals surface area contributed by atoms with Crippen LogP contribution in [0.1, 0.15) is 27.9 Å². The molecule has 0 aliphatic heterocycles. The number of Topliss-reactive ketones (excluding diaryl/α,β-unsaturated/α-hetero) is 1. The Kier molecular flexibility index (Phi) is 2.74. The highest BCUT2D eigenvalue weighted by molar-refractivity contribution is 6.11. The van der Waals surface area contributed by atoms with Crippen LogP contribution in [0, 0.1) is 11.8 Å². The molecular formula is C13H11NO2. The molecule has 2 N–H and O–H groups in total. The van der Waals surface area contributed by atoms with Gasteiger partial charge in [-0.25, -0.2) is 0 Å². The van der Waals surface area contributed by atoms with Crippen LogP contribution in [0.5, 0.6) is 0 Å². The van der Waals surface area contributed by atoms with Gasteiger partial charge in [-0.15, -0.1) is 0 Å². The molecule has 3 nitrogen and oxygen atoms in total. The van der Waals surface area contributed by atoms with Crippen molar-refractivity contribution >= 4 is 11.7 Å². The number of primary amides is 1. The number of ketones is 1. The average molecular weight is 213 g/mol. The van der Waals surface area contributed by atoms with Gasteiger partial charge in [0.05, 0.1) is 0 Å². The van der Waals surface area contributed by atoms with E-state index in [0.29, 0.717) is 24.8 Å². The first-order chi connectivity index (χ1) is 7.66. The van der Waals surface area contributed by atoms with E-state index in [1.54, 1.807) is 0 Å². The minimum Gasteiger partial charge on any atom is -0.370 e. The van der Waals surface area contributed by atoms with Gasteiger partial charge in [0.15, 0.2) is 0 Å². The molecule has 0 bridgehead atoms. The molecule has 1 aliphatic rings. The van der Waals surface area contributed by atoms with Crippen molar-refractivity contribution in [2.24, 2.45) is 5.73 Å². The monoisotopic (exact) mass is 213 g/mol.